The van der Waals surface area contributed by atoms with Gasteiger partial charge in [0.2, 0.25) is 0 Å². The van der Waals surface area contributed by atoms with E-state index in [1.165, 1.54) is 0 Å². The number of hydrogen-bond acceptors (Lipinski definition) is 15. The number of hydrogen-bond donors (Lipinski definition) is 8. The first kappa shape index (κ1) is 39.9. The maximum absolute atomic E-state index is 14.7. The quantitative estimate of drug-likeness (QED) is 0.161. The Labute approximate surface area is 316 Å². The second-order valence-electron chi connectivity index (χ2n) is 18.7. The molecule has 0 aromatic rings. The average Bonchev–Trinajstić information content (AvgIpc) is 3.60. The molecule has 1 spiro atoms. The van der Waals surface area contributed by atoms with E-state index >= 15 is 0 Å². The van der Waals surface area contributed by atoms with Crippen molar-refractivity contribution in [1.29, 1.82) is 0 Å². The number of aliphatic hydroxyl groups excluding tert-OH is 8. The van der Waals surface area contributed by atoms with Gasteiger partial charge in [0.15, 0.2) is 18.4 Å². The number of carbonyl (C=O) groups excluding carboxylic acids is 1. The largest absolute Gasteiger partial charge is 0.394 e. The molecule has 23 unspecified atom stereocenters. The number of rotatable bonds is 6. The minimum Gasteiger partial charge on any atom is -0.394 e. The van der Waals surface area contributed by atoms with Gasteiger partial charge in [0, 0.05) is 30.1 Å². The fraction of sp³-hybridized carbons (Fsp3) is 0.974. The summed E-state index contributed by atoms with van der Waals surface area (Å²) in [6.07, 6.45) is -10.5. The van der Waals surface area contributed by atoms with Crippen molar-refractivity contribution in [3.63, 3.8) is 0 Å². The summed E-state index contributed by atoms with van der Waals surface area (Å²) < 4.78 is 37.9. The smallest absolute Gasteiger partial charge is 0.186 e. The van der Waals surface area contributed by atoms with E-state index in [4.69, 9.17) is 28.4 Å². The van der Waals surface area contributed by atoms with Gasteiger partial charge in [0.1, 0.15) is 54.6 Å². The zero-order chi connectivity index (χ0) is 38.6. The highest BCUT2D eigenvalue weighted by molar-refractivity contribution is 5.87. The normalized spacial score (nSPS) is 58.7. The van der Waals surface area contributed by atoms with Crippen LogP contribution in [0.4, 0.5) is 0 Å². The van der Waals surface area contributed by atoms with Gasteiger partial charge in [-0.25, -0.2) is 0 Å². The summed E-state index contributed by atoms with van der Waals surface area (Å²) in [4.78, 5) is 14.7. The van der Waals surface area contributed by atoms with Gasteiger partial charge in [-0.15, -0.1) is 0 Å². The van der Waals surface area contributed by atoms with E-state index in [0.717, 1.165) is 19.3 Å². The van der Waals surface area contributed by atoms with Crippen LogP contribution in [0.5, 0.6) is 0 Å². The van der Waals surface area contributed by atoms with Gasteiger partial charge >= 0.3 is 0 Å². The van der Waals surface area contributed by atoms with Gasteiger partial charge in [-0.3, -0.25) is 4.79 Å². The summed E-state index contributed by atoms with van der Waals surface area (Å²) in [6.45, 7) is 8.17. The van der Waals surface area contributed by atoms with Crippen molar-refractivity contribution in [3.8, 4) is 0 Å². The molecule has 4 aliphatic heterocycles. The molecule has 8 fully saturated rings. The van der Waals surface area contributed by atoms with Gasteiger partial charge < -0.3 is 69.3 Å². The highest BCUT2D eigenvalue weighted by Gasteiger charge is 2.73. The van der Waals surface area contributed by atoms with Crippen LogP contribution in [0.3, 0.4) is 0 Å². The van der Waals surface area contributed by atoms with E-state index in [-0.39, 0.29) is 47.4 Å². The maximum Gasteiger partial charge on any atom is 0.186 e. The van der Waals surface area contributed by atoms with Gasteiger partial charge in [-0.1, -0.05) is 27.7 Å². The average molecular weight is 771 g/mol. The summed E-state index contributed by atoms with van der Waals surface area (Å²) in [6, 6.07) is 0. The molecule has 15 heteroatoms. The second kappa shape index (κ2) is 14.4. The molecule has 4 saturated carbocycles. The maximum atomic E-state index is 14.7. The Kier molecular flexibility index (Phi) is 10.7. The summed E-state index contributed by atoms with van der Waals surface area (Å²) in [5.74, 6) is -0.123. The molecule has 4 aliphatic carbocycles. The Morgan fingerprint density at radius 2 is 1.37 bits per heavy atom. The summed E-state index contributed by atoms with van der Waals surface area (Å²) in [5.41, 5.74) is -1.08. The molecule has 0 amide bonds. The number of ketones is 1. The molecular weight excluding hydrogens is 708 g/mol. The Morgan fingerprint density at radius 1 is 0.741 bits per heavy atom. The van der Waals surface area contributed by atoms with Crippen LogP contribution in [0.1, 0.15) is 79.1 Å². The molecule has 0 aromatic heterocycles. The first-order valence-electron chi connectivity index (χ1n) is 20.3. The summed E-state index contributed by atoms with van der Waals surface area (Å²) in [5, 5.41) is 83.5. The molecule has 8 N–H and O–H groups in total. The topological polar surface area (TPSA) is 234 Å². The zero-order valence-corrected chi connectivity index (χ0v) is 31.8. The lowest BCUT2D eigenvalue weighted by Gasteiger charge is -2.63. The first-order valence-corrected chi connectivity index (χ1v) is 20.3. The first-order chi connectivity index (χ1) is 25.6. The number of carbonyl (C=O) groups is 1. The predicted octanol–water partition coefficient (Wildman–Crippen LogP) is -0.408. The molecule has 8 rings (SSSR count). The van der Waals surface area contributed by atoms with E-state index < -0.39 is 103 Å². The van der Waals surface area contributed by atoms with Gasteiger partial charge in [0.25, 0.3) is 0 Å². The fourth-order valence-corrected chi connectivity index (χ4v) is 12.9. The second-order valence-corrected chi connectivity index (χ2v) is 18.7. The van der Waals surface area contributed by atoms with Crippen LogP contribution in [0, 0.1) is 52.3 Å². The lowest BCUT2D eigenvalue weighted by atomic mass is 9.43. The number of ether oxygens (including phenoxy) is 6. The number of fused-ring (bicyclic) bond motifs is 7. The third-order valence-corrected chi connectivity index (χ3v) is 16.1. The molecule has 308 valence electrons. The van der Waals surface area contributed by atoms with E-state index in [1.54, 1.807) is 0 Å². The third-order valence-electron chi connectivity index (χ3n) is 16.1. The van der Waals surface area contributed by atoms with Crippen LogP contribution >= 0.6 is 0 Å². The van der Waals surface area contributed by atoms with Crippen LogP contribution in [-0.2, 0) is 33.2 Å². The monoisotopic (exact) mass is 770 g/mol. The van der Waals surface area contributed by atoms with Gasteiger partial charge in [0.05, 0.1) is 38.1 Å². The third kappa shape index (κ3) is 6.01. The minimum absolute atomic E-state index is 0.00220. The summed E-state index contributed by atoms with van der Waals surface area (Å²) >= 11 is 0. The molecule has 0 bridgehead atoms. The number of Topliss-reactive ketones (excluding diaryl/α,β-unsaturated/α-hetero) is 1. The van der Waals surface area contributed by atoms with Crippen molar-refractivity contribution in [3.05, 3.63) is 0 Å². The van der Waals surface area contributed by atoms with Crippen molar-refractivity contribution < 1.29 is 74.1 Å². The van der Waals surface area contributed by atoms with Crippen molar-refractivity contribution in [1.82, 2.24) is 0 Å². The molecule has 23 atom stereocenters. The van der Waals surface area contributed by atoms with Crippen LogP contribution in [0.2, 0.25) is 0 Å². The Morgan fingerprint density at radius 3 is 1.96 bits per heavy atom. The van der Waals surface area contributed by atoms with E-state index in [0.29, 0.717) is 44.6 Å². The van der Waals surface area contributed by atoms with Crippen LogP contribution < -0.4 is 0 Å². The molecule has 0 aromatic carbocycles. The minimum atomic E-state index is -1.61. The van der Waals surface area contributed by atoms with Crippen LogP contribution in [0.25, 0.3) is 0 Å². The molecular formula is C39H62O15. The van der Waals surface area contributed by atoms with Crippen LogP contribution in [0.15, 0.2) is 0 Å². The standard InChI is InChI=1S/C39H62O15/c1-16-5-8-39(49-15-16)17(2)28-24(54-39)11-21-19-10-23(51-36-34(48)32(46)30(44)26(14-41)53-36)22-9-18(50-35-33(47)31(45)29(43)25(13-40)52-35)6-7-37(22,3)20(19)12-27(42)38(21,28)4/h16-26,28-36,40-41,43-48H,5-15H2,1-4H3. The van der Waals surface area contributed by atoms with Crippen molar-refractivity contribution in [2.24, 2.45) is 52.3 Å². The van der Waals surface area contributed by atoms with E-state index in [2.05, 4.69) is 27.7 Å². The highest BCUT2D eigenvalue weighted by Crippen LogP contribution is 2.71. The molecule has 15 nitrogen and oxygen atoms in total. The zero-order valence-electron chi connectivity index (χ0n) is 31.8. The molecule has 4 heterocycles. The predicted molar refractivity (Wildman–Crippen MR) is 185 cm³/mol. The van der Waals surface area contributed by atoms with E-state index in [1.807, 2.05) is 0 Å². The lowest BCUT2D eigenvalue weighted by molar-refractivity contribution is -0.334. The molecule has 4 saturated heterocycles. The fourth-order valence-electron chi connectivity index (χ4n) is 12.9. The van der Waals surface area contributed by atoms with Crippen molar-refractivity contribution in [2.45, 2.75) is 165 Å². The van der Waals surface area contributed by atoms with E-state index in [9.17, 15) is 45.6 Å². The molecule has 8 aliphatic rings. The SMILES string of the molecule is CC1CCC2(OC1)OC1CC3C4CC(OC5OC(CO)C(O)C(O)C5O)C5CC(OC6OC(CO)C(O)C(O)C6O)CCC5(C)C4CC(=O)C3(C)C1C2C. The molecule has 0 radical (unpaired) electrons. The molecule has 54 heavy (non-hydrogen) atoms. The van der Waals surface area contributed by atoms with Crippen LogP contribution in [-0.4, -0.2) is 152 Å². The lowest BCUT2D eigenvalue weighted by Crippen LogP contribution is -2.64. The Bertz CT molecular complexity index is 1370. The Hall–Kier alpha value is -0.890. The van der Waals surface area contributed by atoms with Crippen molar-refractivity contribution >= 4 is 5.78 Å². The number of aliphatic hydroxyl groups is 8. The van der Waals surface area contributed by atoms with Gasteiger partial charge in [-0.2, -0.15) is 0 Å². The summed E-state index contributed by atoms with van der Waals surface area (Å²) in [7, 11) is 0. The van der Waals surface area contributed by atoms with Gasteiger partial charge in [-0.05, 0) is 73.5 Å². The highest BCUT2D eigenvalue weighted by atomic mass is 16.7. The van der Waals surface area contributed by atoms with Crippen molar-refractivity contribution in [2.75, 3.05) is 19.8 Å². The Balaban J connectivity index is 1.08.